The predicted molar refractivity (Wildman–Crippen MR) is 76.4 cm³/mol. The molecular weight excluding hydrogens is 257 g/mol. The van der Waals surface area contributed by atoms with Crippen molar-refractivity contribution in [2.45, 2.75) is 39.8 Å². The van der Waals surface area contributed by atoms with Crippen LogP contribution in [0.2, 0.25) is 0 Å². The van der Waals surface area contributed by atoms with Crippen molar-refractivity contribution in [1.29, 1.82) is 0 Å². The third-order valence-electron chi connectivity index (χ3n) is 3.12. The van der Waals surface area contributed by atoms with E-state index in [2.05, 4.69) is 5.10 Å². The van der Waals surface area contributed by atoms with Crippen LogP contribution in [0, 0.1) is 12.7 Å². The van der Waals surface area contributed by atoms with Crippen molar-refractivity contribution in [2.75, 3.05) is 0 Å². The van der Waals surface area contributed by atoms with Crippen LogP contribution in [0.5, 0.6) is 11.5 Å². The molecule has 2 N–H and O–H groups in total. The monoisotopic (exact) mass is 277 g/mol. The summed E-state index contributed by atoms with van der Waals surface area (Å²) in [7, 11) is 0. The maximum absolute atomic E-state index is 13.6. The first-order chi connectivity index (χ1) is 9.38. The molecular formula is C15H20FN3O. The van der Waals surface area contributed by atoms with Gasteiger partial charge in [0, 0.05) is 17.6 Å². The van der Waals surface area contributed by atoms with Crippen LogP contribution >= 0.6 is 0 Å². The van der Waals surface area contributed by atoms with Gasteiger partial charge in [0.2, 0.25) is 0 Å². The lowest BCUT2D eigenvalue weighted by Crippen LogP contribution is -2.07. The Labute approximate surface area is 118 Å². The van der Waals surface area contributed by atoms with Gasteiger partial charge in [-0.15, -0.1) is 0 Å². The molecule has 0 aliphatic heterocycles. The van der Waals surface area contributed by atoms with E-state index in [1.807, 2.05) is 20.0 Å². The van der Waals surface area contributed by atoms with Gasteiger partial charge in [0.1, 0.15) is 11.6 Å². The van der Waals surface area contributed by atoms with E-state index in [-0.39, 0.29) is 17.9 Å². The Morgan fingerprint density at radius 2 is 2.00 bits per heavy atom. The molecule has 5 heteroatoms. The Hall–Kier alpha value is -1.88. The average molecular weight is 277 g/mol. The second kappa shape index (κ2) is 5.63. The zero-order valence-electron chi connectivity index (χ0n) is 12.2. The van der Waals surface area contributed by atoms with Crippen molar-refractivity contribution in [3.05, 3.63) is 41.5 Å². The number of halogens is 1. The highest BCUT2D eigenvalue weighted by atomic mass is 19.1. The molecule has 20 heavy (non-hydrogen) atoms. The summed E-state index contributed by atoms with van der Waals surface area (Å²) in [5.74, 6) is 0.913. The van der Waals surface area contributed by atoms with E-state index in [1.54, 1.807) is 30.8 Å². The molecule has 0 aliphatic rings. The van der Waals surface area contributed by atoms with E-state index in [4.69, 9.17) is 10.5 Å². The maximum atomic E-state index is 13.6. The fourth-order valence-corrected chi connectivity index (χ4v) is 1.90. The Kier molecular flexibility index (Phi) is 4.09. The van der Waals surface area contributed by atoms with Crippen molar-refractivity contribution in [2.24, 2.45) is 5.73 Å². The van der Waals surface area contributed by atoms with Crippen molar-refractivity contribution in [3.8, 4) is 11.5 Å². The van der Waals surface area contributed by atoms with Gasteiger partial charge in [0.15, 0.2) is 5.75 Å². The molecule has 1 atom stereocenters. The number of hydrogen-bond acceptors (Lipinski definition) is 3. The van der Waals surface area contributed by atoms with Crippen LogP contribution < -0.4 is 10.5 Å². The summed E-state index contributed by atoms with van der Waals surface area (Å²) in [6.07, 6.45) is 3.46. The Bertz CT molecular complexity index is 605. The SMILES string of the molecule is Cc1cc(Oc2cnn(C(C)C)c2)c([C@@H](C)N)cc1F. The van der Waals surface area contributed by atoms with Gasteiger partial charge in [-0.25, -0.2) is 4.39 Å². The summed E-state index contributed by atoms with van der Waals surface area (Å²) in [6, 6.07) is 3.05. The third kappa shape index (κ3) is 2.99. The van der Waals surface area contributed by atoms with Gasteiger partial charge in [0.05, 0.1) is 12.4 Å². The van der Waals surface area contributed by atoms with Crippen LogP contribution in [0.25, 0.3) is 0 Å². The summed E-state index contributed by atoms with van der Waals surface area (Å²) >= 11 is 0. The number of ether oxygens (including phenoxy) is 1. The van der Waals surface area contributed by atoms with E-state index in [9.17, 15) is 4.39 Å². The Balaban J connectivity index is 2.34. The molecule has 2 aromatic rings. The molecule has 0 bridgehead atoms. The number of hydrogen-bond donors (Lipinski definition) is 1. The smallest absolute Gasteiger partial charge is 0.165 e. The quantitative estimate of drug-likeness (QED) is 0.926. The van der Waals surface area contributed by atoms with E-state index < -0.39 is 0 Å². The molecule has 2 rings (SSSR count). The number of nitrogens with two attached hydrogens (primary N) is 1. The molecule has 0 spiro atoms. The standard InChI is InChI=1S/C15H20FN3O/c1-9(2)19-8-12(7-18-19)20-15-5-10(3)14(16)6-13(15)11(4)17/h5-9,11H,17H2,1-4H3/t11-/m1/s1. The second-order valence-electron chi connectivity index (χ2n) is 5.28. The lowest BCUT2D eigenvalue weighted by Gasteiger charge is -2.14. The van der Waals surface area contributed by atoms with Crippen LogP contribution in [0.3, 0.4) is 0 Å². The predicted octanol–water partition coefficient (Wildman–Crippen LogP) is 3.72. The highest BCUT2D eigenvalue weighted by Crippen LogP contribution is 2.31. The van der Waals surface area contributed by atoms with Gasteiger partial charge >= 0.3 is 0 Å². The van der Waals surface area contributed by atoms with E-state index >= 15 is 0 Å². The molecule has 0 radical (unpaired) electrons. The Morgan fingerprint density at radius 3 is 2.55 bits per heavy atom. The lowest BCUT2D eigenvalue weighted by atomic mass is 10.1. The zero-order valence-corrected chi connectivity index (χ0v) is 12.2. The van der Waals surface area contributed by atoms with Gasteiger partial charge in [0.25, 0.3) is 0 Å². The first kappa shape index (κ1) is 14.5. The minimum absolute atomic E-state index is 0.259. The second-order valence-corrected chi connectivity index (χ2v) is 5.28. The molecule has 0 amide bonds. The van der Waals surface area contributed by atoms with Crippen molar-refractivity contribution >= 4 is 0 Å². The minimum Gasteiger partial charge on any atom is -0.454 e. The molecule has 0 fully saturated rings. The molecule has 0 saturated carbocycles. The van der Waals surface area contributed by atoms with Crippen LogP contribution in [-0.4, -0.2) is 9.78 Å². The van der Waals surface area contributed by atoms with Crippen LogP contribution in [0.1, 0.15) is 44.0 Å². The van der Waals surface area contributed by atoms with Gasteiger partial charge in [-0.1, -0.05) is 0 Å². The molecule has 1 heterocycles. The van der Waals surface area contributed by atoms with Crippen LogP contribution in [0.4, 0.5) is 4.39 Å². The maximum Gasteiger partial charge on any atom is 0.165 e. The molecule has 1 aromatic carbocycles. The first-order valence-electron chi connectivity index (χ1n) is 6.66. The van der Waals surface area contributed by atoms with Crippen molar-refractivity contribution in [1.82, 2.24) is 9.78 Å². The molecule has 4 nitrogen and oxygen atoms in total. The summed E-state index contributed by atoms with van der Waals surface area (Å²) in [5.41, 5.74) is 7.05. The molecule has 108 valence electrons. The largest absolute Gasteiger partial charge is 0.454 e. The first-order valence-corrected chi connectivity index (χ1v) is 6.66. The highest BCUT2D eigenvalue weighted by Gasteiger charge is 2.14. The normalized spacial score (nSPS) is 12.8. The molecule has 1 aromatic heterocycles. The summed E-state index contributed by atoms with van der Waals surface area (Å²) in [5, 5.41) is 4.21. The number of nitrogens with zero attached hydrogens (tertiary/aromatic N) is 2. The van der Waals surface area contributed by atoms with Crippen LogP contribution in [0.15, 0.2) is 24.5 Å². The number of aromatic nitrogens is 2. The van der Waals surface area contributed by atoms with Gasteiger partial charge < -0.3 is 10.5 Å². The Morgan fingerprint density at radius 1 is 1.30 bits per heavy atom. The van der Waals surface area contributed by atoms with Gasteiger partial charge in [-0.05, 0) is 45.4 Å². The number of rotatable bonds is 4. The number of benzene rings is 1. The fraction of sp³-hybridized carbons (Fsp3) is 0.400. The molecule has 0 saturated heterocycles. The average Bonchev–Trinajstić information content (AvgIpc) is 2.82. The van der Waals surface area contributed by atoms with Gasteiger partial charge in [-0.2, -0.15) is 5.10 Å². The fourth-order valence-electron chi connectivity index (χ4n) is 1.90. The highest BCUT2D eigenvalue weighted by molar-refractivity contribution is 5.42. The van der Waals surface area contributed by atoms with E-state index in [0.717, 1.165) is 0 Å². The topological polar surface area (TPSA) is 53.1 Å². The van der Waals surface area contributed by atoms with Crippen molar-refractivity contribution < 1.29 is 9.13 Å². The van der Waals surface area contributed by atoms with Crippen LogP contribution in [-0.2, 0) is 0 Å². The van der Waals surface area contributed by atoms with E-state index in [0.29, 0.717) is 22.6 Å². The summed E-state index contributed by atoms with van der Waals surface area (Å²) in [4.78, 5) is 0. The van der Waals surface area contributed by atoms with Gasteiger partial charge in [-0.3, -0.25) is 4.68 Å². The summed E-state index contributed by atoms with van der Waals surface area (Å²) < 4.78 is 21.3. The zero-order chi connectivity index (χ0) is 14.9. The van der Waals surface area contributed by atoms with Crippen molar-refractivity contribution in [3.63, 3.8) is 0 Å². The minimum atomic E-state index is -0.305. The van der Waals surface area contributed by atoms with E-state index in [1.165, 1.54) is 6.07 Å². The summed E-state index contributed by atoms with van der Waals surface area (Å²) in [6.45, 7) is 7.57. The lowest BCUT2D eigenvalue weighted by molar-refractivity contribution is 0.464. The molecule has 0 aliphatic carbocycles. The number of aryl methyl sites for hydroxylation is 1. The third-order valence-corrected chi connectivity index (χ3v) is 3.12. The molecule has 0 unspecified atom stereocenters.